The summed E-state index contributed by atoms with van der Waals surface area (Å²) in [6.07, 6.45) is 5.04. The molecule has 0 heterocycles. The van der Waals surface area contributed by atoms with Crippen LogP contribution >= 0.6 is 0 Å². The first kappa shape index (κ1) is 13.0. The van der Waals surface area contributed by atoms with Crippen molar-refractivity contribution >= 4 is 0 Å². The van der Waals surface area contributed by atoms with Gasteiger partial charge in [0.25, 0.3) is 0 Å². The van der Waals surface area contributed by atoms with Crippen molar-refractivity contribution in [1.82, 2.24) is 0 Å². The van der Waals surface area contributed by atoms with E-state index in [1.165, 1.54) is 25.7 Å². The summed E-state index contributed by atoms with van der Waals surface area (Å²) in [5.41, 5.74) is 0. The highest BCUT2D eigenvalue weighted by atomic mass is 16.3. The molecule has 80 valence electrons. The molecule has 0 aliphatic heterocycles. The second-order valence-electron chi connectivity index (χ2n) is 4.42. The van der Waals surface area contributed by atoms with Gasteiger partial charge in [0, 0.05) is 6.61 Å². The van der Waals surface area contributed by atoms with Crippen LogP contribution in [0.2, 0.25) is 0 Å². The summed E-state index contributed by atoms with van der Waals surface area (Å²) < 4.78 is 0. The normalized spacial score (nSPS) is 16.2. The van der Waals surface area contributed by atoms with E-state index >= 15 is 0 Å². The summed E-state index contributed by atoms with van der Waals surface area (Å²) >= 11 is 0. The summed E-state index contributed by atoms with van der Waals surface area (Å²) in [6.45, 7) is 9.37. The number of hydrogen-bond donors (Lipinski definition) is 1. The standard InChI is InChI=1S/C12H26O/c1-5-12(6-2)11(4)8-7-10(3)9-13/h10-13H,5-9H2,1-4H3. The van der Waals surface area contributed by atoms with Crippen molar-refractivity contribution in [3.63, 3.8) is 0 Å². The SMILES string of the molecule is CCC(CC)C(C)CCC(C)CO. The average Bonchev–Trinajstić information content (AvgIpc) is 2.16. The highest BCUT2D eigenvalue weighted by molar-refractivity contribution is 4.65. The van der Waals surface area contributed by atoms with Crippen molar-refractivity contribution in [2.75, 3.05) is 6.61 Å². The smallest absolute Gasteiger partial charge is 0.0456 e. The fraction of sp³-hybridized carbons (Fsp3) is 1.00. The Morgan fingerprint density at radius 1 is 1.00 bits per heavy atom. The van der Waals surface area contributed by atoms with E-state index in [1.54, 1.807) is 0 Å². The van der Waals surface area contributed by atoms with E-state index in [9.17, 15) is 0 Å². The zero-order valence-corrected chi connectivity index (χ0v) is 9.71. The van der Waals surface area contributed by atoms with Gasteiger partial charge in [-0.1, -0.05) is 47.0 Å². The second kappa shape index (κ2) is 7.37. The second-order valence-corrected chi connectivity index (χ2v) is 4.42. The van der Waals surface area contributed by atoms with Gasteiger partial charge in [-0.3, -0.25) is 0 Å². The molecule has 1 heteroatoms. The van der Waals surface area contributed by atoms with Gasteiger partial charge >= 0.3 is 0 Å². The highest BCUT2D eigenvalue weighted by Crippen LogP contribution is 2.24. The van der Waals surface area contributed by atoms with Gasteiger partial charge in [0.05, 0.1) is 0 Å². The molecule has 2 atom stereocenters. The summed E-state index contributed by atoms with van der Waals surface area (Å²) in [7, 11) is 0. The third-order valence-corrected chi connectivity index (χ3v) is 3.28. The maximum absolute atomic E-state index is 8.90. The van der Waals surface area contributed by atoms with Gasteiger partial charge in [-0.05, 0) is 24.2 Å². The minimum atomic E-state index is 0.343. The van der Waals surface area contributed by atoms with Crippen LogP contribution in [-0.2, 0) is 0 Å². The Morgan fingerprint density at radius 3 is 1.92 bits per heavy atom. The first-order valence-electron chi connectivity index (χ1n) is 5.76. The van der Waals surface area contributed by atoms with Crippen LogP contribution < -0.4 is 0 Å². The zero-order valence-electron chi connectivity index (χ0n) is 9.71. The van der Waals surface area contributed by atoms with E-state index in [-0.39, 0.29) is 0 Å². The van der Waals surface area contributed by atoms with Crippen LogP contribution in [0.1, 0.15) is 53.4 Å². The van der Waals surface area contributed by atoms with Crippen molar-refractivity contribution in [3.8, 4) is 0 Å². The highest BCUT2D eigenvalue weighted by Gasteiger charge is 2.13. The minimum Gasteiger partial charge on any atom is -0.396 e. The van der Waals surface area contributed by atoms with Crippen molar-refractivity contribution < 1.29 is 5.11 Å². The fourth-order valence-corrected chi connectivity index (χ4v) is 1.97. The van der Waals surface area contributed by atoms with Crippen molar-refractivity contribution in [1.29, 1.82) is 0 Å². The summed E-state index contributed by atoms with van der Waals surface area (Å²) in [5.74, 6) is 2.19. The predicted octanol–water partition coefficient (Wildman–Crippen LogP) is 3.47. The van der Waals surface area contributed by atoms with E-state index in [4.69, 9.17) is 5.11 Å². The van der Waals surface area contributed by atoms with Crippen LogP contribution in [-0.4, -0.2) is 11.7 Å². The molecule has 0 amide bonds. The van der Waals surface area contributed by atoms with Gasteiger partial charge in [0.1, 0.15) is 0 Å². The van der Waals surface area contributed by atoms with Crippen LogP contribution in [0.5, 0.6) is 0 Å². The molecule has 0 bridgehead atoms. The van der Waals surface area contributed by atoms with Gasteiger partial charge in [-0.15, -0.1) is 0 Å². The Morgan fingerprint density at radius 2 is 1.54 bits per heavy atom. The van der Waals surface area contributed by atoms with Crippen molar-refractivity contribution in [2.45, 2.75) is 53.4 Å². The van der Waals surface area contributed by atoms with Gasteiger partial charge in [0.15, 0.2) is 0 Å². The molecule has 0 aliphatic carbocycles. The average molecular weight is 186 g/mol. The maximum atomic E-state index is 8.90. The summed E-state index contributed by atoms with van der Waals surface area (Å²) in [4.78, 5) is 0. The van der Waals surface area contributed by atoms with Crippen LogP contribution in [0.3, 0.4) is 0 Å². The molecular weight excluding hydrogens is 160 g/mol. The van der Waals surface area contributed by atoms with E-state index < -0.39 is 0 Å². The Bertz CT molecular complexity index is 108. The number of aliphatic hydroxyl groups excluding tert-OH is 1. The molecule has 2 unspecified atom stereocenters. The fourth-order valence-electron chi connectivity index (χ4n) is 1.97. The molecule has 0 aromatic rings. The molecule has 0 rings (SSSR count). The third-order valence-electron chi connectivity index (χ3n) is 3.28. The lowest BCUT2D eigenvalue weighted by Crippen LogP contribution is -2.12. The lowest BCUT2D eigenvalue weighted by Gasteiger charge is -2.22. The Labute approximate surface area is 83.5 Å². The topological polar surface area (TPSA) is 20.2 Å². The molecule has 1 N–H and O–H groups in total. The van der Waals surface area contributed by atoms with Gasteiger partial charge < -0.3 is 5.11 Å². The van der Waals surface area contributed by atoms with E-state index in [2.05, 4.69) is 27.7 Å². The molecule has 0 fully saturated rings. The molecule has 0 saturated carbocycles. The van der Waals surface area contributed by atoms with Crippen LogP contribution in [0.4, 0.5) is 0 Å². The minimum absolute atomic E-state index is 0.343. The third kappa shape index (κ3) is 5.30. The number of aliphatic hydroxyl groups is 1. The molecule has 0 radical (unpaired) electrons. The van der Waals surface area contributed by atoms with Gasteiger partial charge in [-0.2, -0.15) is 0 Å². The Hall–Kier alpha value is -0.0400. The number of rotatable bonds is 7. The van der Waals surface area contributed by atoms with Crippen molar-refractivity contribution in [3.05, 3.63) is 0 Å². The molecular formula is C12H26O. The predicted molar refractivity (Wildman–Crippen MR) is 58.7 cm³/mol. The first-order chi connectivity index (χ1) is 6.15. The van der Waals surface area contributed by atoms with Crippen molar-refractivity contribution in [2.24, 2.45) is 17.8 Å². The van der Waals surface area contributed by atoms with Gasteiger partial charge in [-0.25, -0.2) is 0 Å². The lowest BCUT2D eigenvalue weighted by molar-refractivity contribution is 0.212. The molecule has 0 spiro atoms. The molecule has 13 heavy (non-hydrogen) atoms. The van der Waals surface area contributed by atoms with Crippen LogP contribution in [0.25, 0.3) is 0 Å². The quantitative estimate of drug-likeness (QED) is 0.645. The summed E-state index contributed by atoms with van der Waals surface area (Å²) in [6, 6.07) is 0. The summed E-state index contributed by atoms with van der Waals surface area (Å²) in [5, 5.41) is 8.90. The van der Waals surface area contributed by atoms with Crippen LogP contribution in [0, 0.1) is 17.8 Å². The number of hydrogen-bond acceptors (Lipinski definition) is 1. The van der Waals surface area contributed by atoms with E-state index in [0.29, 0.717) is 12.5 Å². The Balaban J connectivity index is 3.65. The first-order valence-corrected chi connectivity index (χ1v) is 5.76. The maximum Gasteiger partial charge on any atom is 0.0456 e. The van der Waals surface area contributed by atoms with Crippen LogP contribution in [0.15, 0.2) is 0 Å². The van der Waals surface area contributed by atoms with Gasteiger partial charge in [0.2, 0.25) is 0 Å². The molecule has 0 aliphatic rings. The zero-order chi connectivity index (χ0) is 10.3. The lowest BCUT2D eigenvalue weighted by atomic mass is 9.84. The molecule has 1 nitrogen and oxygen atoms in total. The van der Waals surface area contributed by atoms with E-state index in [1.807, 2.05) is 0 Å². The monoisotopic (exact) mass is 186 g/mol. The molecule has 0 saturated heterocycles. The molecule has 0 aromatic heterocycles. The largest absolute Gasteiger partial charge is 0.396 e. The van der Waals surface area contributed by atoms with E-state index in [0.717, 1.165) is 11.8 Å². The Kier molecular flexibility index (Phi) is 7.35. The molecule has 0 aromatic carbocycles.